The summed E-state index contributed by atoms with van der Waals surface area (Å²) in [6.45, 7) is 3.89. The summed E-state index contributed by atoms with van der Waals surface area (Å²) in [5.41, 5.74) is 8.79. The van der Waals surface area contributed by atoms with E-state index in [1.165, 1.54) is 24.1 Å². The molecule has 1 aromatic rings. The van der Waals surface area contributed by atoms with Crippen molar-refractivity contribution in [3.63, 3.8) is 0 Å². The molecule has 3 rings (SSSR count). The van der Waals surface area contributed by atoms with Crippen LogP contribution in [0, 0.1) is 0 Å². The molecule has 104 valence electrons. The molecule has 0 spiro atoms. The molecule has 19 heavy (non-hydrogen) atoms. The summed E-state index contributed by atoms with van der Waals surface area (Å²) in [7, 11) is 0. The Morgan fingerprint density at radius 3 is 2.84 bits per heavy atom. The molecular weight excluding hydrogens is 236 g/mol. The number of anilines is 1. The van der Waals surface area contributed by atoms with Crippen LogP contribution < -0.4 is 10.6 Å². The Balaban J connectivity index is 1.80. The van der Waals surface area contributed by atoms with E-state index < -0.39 is 0 Å². The average molecular weight is 260 g/mol. The molecule has 0 bridgehead atoms. The first-order valence-electron chi connectivity index (χ1n) is 7.48. The molecule has 3 heteroatoms. The Labute approximate surface area is 115 Å². The third kappa shape index (κ3) is 2.63. The number of hydrogen-bond acceptors (Lipinski definition) is 3. The highest BCUT2D eigenvalue weighted by atomic mass is 16.5. The summed E-state index contributed by atoms with van der Waals surface area (Å²) in [4.78, 5) is 2.49. The van der Waals surface area contributed by atoms with Gasteiger partial charge in [-0.1, -0.05) is 18.2 Å². The Kier molecular flexibility index (Phi) is 3.76. The maximum atomic E-state index is 5.99. The third-order valence-electron chi connectivity index (χ3n) is 4.48. The van der Waals surface area contributed by atoms with Crippen molar-refractivity contribution in [3.8, 4) is 0 Å². The number of nitrogens with two attached hydrogens (primary N) is 1. The highest BCUT2D eigenvalue weighted by molar-refractivity contribution is 5.56. The van der Waals surface area contributed by atoms with Gasteiger partial charge in [0.15, 0.2) is 0 Å². The molecule has 2 heterocycles. The lowest BCUT2D eigenvalue weighted by atomic mass is 9.95. The largest absolute Gasteiger partial charge is 0.373 e. The molecule has 1 fully saturated rings. The van der Waals surface area contributed by atoms with Crippen molar-refractivity contribution in [2.45, 2.75) is 50.9 Å². The second-order valence-electron chi connectivity index (χ2n) is 5.86. The molecule has 0 amide bonds. The van der Waals surface area contributed by atoms with E-state index in [-0.39, 0.29) is 0 Å². The minimum atomic E-state index is 0.371. The second-order valence-corrected chi connectivity index (χ2v) is 5.86. The van der Waals surface area contributed by atoms with Gasteiger partial charge < -0.3 is 15.4 Å². The molecule has 0 aliphatic carbocycles. The lowest BCUT2D eigenvalue weighted by Crippen LogP contribution is -2.47. The Morgan fingerprint density at radius 1 is 1.26 bits per heavy atom. The molecule has 3 atom stereocenters. The van der Waals surface area contributed by atoms with Crippen molar-refractivity contribution in [2.24, 2.45) is 5.73 Å². The number of hydrogen-bond donors (Lipinski definition) is 1. The number of benzene rings is 1. The first kappa shape index (κ1) is 12.9. The molecule has 2 N–H and O–H groups in total. The zero-order valence-electron chi connectivity index (χ0n) is 11.7. The Hall–Kier alpha value is -1.06. The van der Waals surface area contributed by atoms with Gasteiger partial charge in [0, 0.05) is 24.8 Å². The van der Waals surface area contributed by atoms with E-state index >= 15 is 0 Å². The van der Waals surface area contributed by atoms with E-state index in [4.69, 9.17) is 10.5 Å². The summed E-state index contributed by atoms with van der Waals surface area (Å²) in [5.74, 6) is 0. The van der Waals surface area contributed by atoms with E-state index in [2.05, 4.69) is 36.1 Å². The van der Waals surface area contributed by atoms with Crippen LogP contribution in [0.1, 0.15) is 31.7 Å². The fourth-order valence-corrected chi connectivity index (χ4v) is 3.41. The van der Waals surface area contributed by atoms with Gasteiger partial charge in [-0.2, -0.15) is 0 Å². The quantitative estimate of drug-likeness (QED) is 0.906. The van der Waals surface area contributed by atoms with E-state index in [1.807, 2.05) is 0 Å². The smallest absolute Gasteiger partial charge is 0.0754 e. The second kappa shape index (κ2) is 5.51. The van der Waals surface area contributed by atoms with Crippen LogP contribution in [0.25, 0.3) is 0 Å². The van der Waals surface area contributed by atoms with Crippen molar-refractivity contribution >= 4 is 5.69 Å². The fraction of sp³-hybridized carbons (Fsp3) is 0.625. The van der Waals surface area contributed by atoms with E-state index in [1.54, 1.807) is 0 Å². The van der Waals surface area contributed by atoms with E-state index in [9.17, 15) is 0 Å². The third-order valence-corrected chi connectivity index (χ3v) is 4.48. The fourth-order valence-electron chi connectivity index (χ4n) is 3.41. The van der Waals surface area contributed by atoms with Crippen LogP contribution in [0.2, 0.25) is 0 Å². The number of ether oxygens (including phenoxy) is 1. The monoisotopic (exact) mass is 260 g/mol. The van der Waals surface area contributed by atoms with Crippen molar-refractivity contribution < 1.29 is 4.74 Å². The van der Waals surface area contributed by atoms with Gasteiger partial charge in [0.05, 0.1) is 12.2 Å². The van der Waals surface area contributed by atoms with Gasteiger partial charge in [0.25, 0.3) is 0 Å². The highest BCUT2D eigenvalue weighted by Gasteiger charge is 2.30. The van der Waals surface area contributed by atoms with Gasteiger partial charge in [-0.05, 0) is 44.2 Å². The lowest BCUT2D eigenvalue weighted by Gasteiger charge is -2.39. The van der Waals surface area contributed by atoms with Crippen molar-refractivity contribution in [2.75, 3.05) is 18.0 Å². The Morgan fingerprint density at radius 2 is 2.11 bits per heavy atom. The molecule has 1 aromatic carbocycles. The summed E-state index contributed by atoms with van der Waals surface area (Å²) in [6.07, 6.45) is 5.47. The molecule has 3 nitrogen and oxygen atoms in total. The number of fused-ring (bicyclic) bond motifs is 1. The van der Waals surface area contributed by atoms with Crippen LogP contribution in [-0.4, -0.2) is 31.3 Å². The molecule has 0 saturated carbocycles. The normalized spacial score (nSPS) is 30.4. The van der Waals surface area contributed by atoms with Gasteiger partial charge in [0.2, 0.25) is 0 Å². The van der Waals surface area contributed by atoms with Crippen LogP contribution in [0.3, 0.4) is 0 Å². The predicted octanol–water partition coefficient (Wildman–Crippen LogP) is 2.33. The molecule has 2 aliphatic heterocycles. The maximum Gasteiger partial charge on any atom is 0.0754 e. The molecule has 0 aromatic heterocycles. The number of nitrogens with zero attached hydrogens (tertiary/aromatic N) is 1. The van der Waals surface area contributed by atoms with Crippen LogP contribution in [-0.2, 0) is 11.2 Å². The summed E-state index contributed by atoms with van der Waals surface area (Å²) >= 11 is 0. The van der Waals surface area contributed by atoms with Crippen LogP contribution in [0.15, 0.2) is 24.3 Å². The zero-order valence-corrected chi connectivity index (χ0v) is 11.7. The summed E-state index contributed by atoms with van der Waals surface area (Å²) in [6, 6.07) is 9.20. The Bertz CT molecular complexity index is 435. The van der Waals surface area contributed by atoms with Crippen molar-refractivity contribution in [3.05, 3.63) is 29.8 Å². The summed E-state index contributed by atoms with van der Waals surface area (Å²) in [5, 5.41) is 0. The van der Waals surface area contributed by atoms with Gasteiger partial charge in [0.1, 0.15) is 0 Å². The minimum absolute atomic E-state index is 0.371. The lowest BCUT2D eigenvalue weighted by molar-refractivity contribution is 0.0587. The van der Waals surface area contributed by atoms with Crippen molar-refractivity contribution in [1.29, 1.82) is 0 Å². The molecule has 3 unspecified atom stereocenters. The van der Waals surface area contributed by atoms with E-state index in [0.29, 0.717) is 18.2 Å². The number of rotatable bonds is 3. The molecule has 1 saturated heterocycles. The van der Waals surface area contributed by atoms with Gasteiger partial charge in [-0.25, -0.2) is 0 Å². The molecule has 0 radical (unpaired) electrons. The highest BCUT2D eigenvalue weighted by Crippen LogP contribution is 2.32. The van der Waals surface area contributed by atoms with Gasteiger partial charge in [-0.15, -0.1) is 0 Å². The minimum Gasteiger partial charge on any atom is -0.373 e. The molecule has 2 aliphatic rings. The van der Waals surface area contributed by atoms with Crippen LogP contribution in [0.5, 0.6) is 0 Å². The maximum absolute atomic E-state index is 5.99. The van der Waals surface area contributed by atoms with Crippen molar-refractivity contribution in [1.82, 2.24) is 0 Å². The van der Waals surface area contributed by atoms with E-state index in [0.717, 1.165) is 25.9 Å². The number of para-hydroxylation sites is 1. The summed E-state index contributed by atoms with van der Waals surface area (Å²) < 4.78 is 5.99. The first-order chi connectivity index (χ1) is 9.28. The number of aryl methyl sites for hydroxylation is 1. The standard InChI is InChI=1S/C16H24N2O/c1-12-6-9-15(19-12)11-18-14(10-17)8-7-13-4-2-3-5-16(13)18/h2-5,12,14-15H,6-11,17H2,1H3. The topological polar surface area (TPSA) is 38.5 Å². The zero-order chi connectivity index (χ0) is 13.2. The van der Waals surface area contributed by atoms with Crippen LogP contribution in [0.4, 0.5) is 5.69 Å². The van der Waals surface area contributed by atoms with Gasteiger partial charge in [-0.3, -0.25) is 0 Å². The average Bonchev–Trinajstić information content (AvgIpc) is 2.85. The van der Waals surface area contributed by atoms with Crippen LogP contribution >= 0.6 is 0 Å². The SMILES string of the molecule is CC1CCC(CN2c3ccccc3CCC2CN)O1. The predicted molar refractivity (Wildman–Crippen MR) is 78.5 cm³/mol. The molecular formula is C16H24N2O. The van der Waals surface area contributed by atoms with Gasteiger partial charge >= 0.3 is 0 Å². The first-order valence-corrected chi connectivity index (χ1v) is 7.48.